The summed E-state index contributed by atoms with van der Waals surface area (Å²) in [5.41, 5.74) is 4.72. The minimum Gasteiger partial charge on any atom is -0.324 e. The molecule has 0 radical (unpaired) electrons. The van der Waals surface area contributed by atoms with Crippen molar-refractivity contribution in [2.75, 3.05) is 5.32 Å². The van der Waals surface area contributed by atoms with E-state index in [0.717, 1.165) is 28.5 Å². The van der Waals surface area contributed by atoms with Crippen LogP contribution < -0.4 is 5.32 Å². The van der Waals surface area contributed by atoms with Crippen LogP contribution in [0.1, 0.15) is 5.69 Å². The van der Waals surface area contributed by atoms with E-state index >= 15 is 0 Å². The van der Waals surface area contributed by atoms with E-state index in [9.17, 15) is 4.79 Å². The van der Waals surface area contributed by atoms with Gasteiger partial charge in [-0.25, -0.2) is 4.98 Å². The Morgan fingerprint density at radius 2 is 2.28 bits per heavy atom. The summed E-state index contributed by atoms with van der Waals surface area (Å²) in [6.07, 6.45) is 0.275. The minimum absolute atomic E-state index is 0.0959. The molecule has 0 aliphatic rings. The van der Waals surface area contributed by atoms with Gasteiger partial charge in [-0.05, 0) is 12.1 Å². The van der Waals surface area contributed by atoms with Gasteiger partial charge in [0.1, 0.15) is 11.0 Å². The van der Waals surface area contributed by atoms with Crippen LogP contribution in [0.5, 0.6) is 0 Å². The monoisotopic (exact) mass is 276 g/mol. The predicted molar refractivity (Wildman–Crippen MR) is 71.9 cm³/mol. The number of aromatic nitrogens is 3. The van der Waals surface area contributed by atoms with Crippen LogP contribution in [0, 0.1) is 0 Å². The highest BCUT2D eigenvalue weighted by Gasteiger charge is 2.09. The number of anilines is 1. The zero-order chi connectivity index (χ0) is 12.4. The van der Waals surface area contributed by atoms with E-state index in [2.05, 4.69) is 19.0 Å². The highest BCUT2D eigenvalue weighted by Crippen LogP contribution is 2.21. The van der Waals surface area contributed by atoms with Crippen LogP contribution in [0.25, 0.3) is 11.0 Å². The lowest BCUT2D eigenvalue weighted by atomic mass is 10.2. The van der Waals surface area contributed by atoms with E-state index < -0.39 is 0 Å². The summed E-state index contributed by atoms with van der Waals surface area (Å²) in [6, 6.07) is 5.54. The smallest absolute Gasteiger partial charge is 0.230 e. The van der Waals surface area contributed by atoms with Gasteiger partial charge in [0.2, 0.25) is 5.91 Å². The number of benzene rings is 1. The van der Waals surface area contributed by atoms with E-state index in [1.54, 1.807) is 5.51 Å². The first kappa shape index (κ1) is 11.2. The van der Waals surface area contributed by atoms with Gasteiger partial charge in [0.15, 0.2) is 0 Å². The van der Waals surface area contributed by atoms with E-state index in [1.165, 1.54) is 11.3 Å². The number of thiazole rings is 1. The molecule has 0 saturated heterocycles. The number of hydrogen-bond donors (Lipinski definition) is 1. The molecular weight excluding hydrogens is 268 g/mol. The SMILES string of the molecule is O=C(Cc1cscn1)Nc1cccc2nsnc12. The second-order valence-corrected chi connectivity index (χ2v) is 4.89. The van der Waals surface area contributed by atoms with Crippen molar-refractivity contribution in [3.05, 3.63) is 34.8 Å². The third-order valence-corrected chi connectivity index (χ3v) is 3.56. The third-order valence-electron chi connectivity index (χ3n) is 2.39. The molecule has 5 nitrogen and oxygen atoms in total. The summed E-state index contributed by atoms with van der Waals surface area (Å²) in [5.74, 6) is -0.0959. The van der Waals surface area contributed by atoms with Crippen molar-refractivity contribution in [1.82, 2.24) is 13.7 Å². The van der Waals surface area contributed by atoms with Gasteiger partial charge in [-0.15, -0.1) is 11.3 Å². The highest BCUT2D eigenvalue weighted by molar-refractivity contribution is 7.07. The molecule has 3 aromatic rings. The van der Waals surface area contributed by atoms with Crippen LogP contribution in [0.15, 0.2) is 29.1 Å². The van der Waals surface area contributed by atoms with Crippen LogP contribution >= 0.6 is 23.1 Å². The average molecular weight is 276 g/mol. The van der Waals surface area contributed by atoms with Crippen LogP contribution in [-0.2, 0) is 11.2 Å². The number of nitrogens with zero attached hydrogens (tertiary/aromatic N) is 3. The summed E-state index contributed by atoms with van der Waals surface area (Å²) in [6.45, 7) is 0. The number of rotatable bonds is 3. The molecule has 0 aliphatic heterocycles. The summed E-state index contributed by atoms with van der Waals surface area (Å²) in [7, 11) is 0. The molecule has 0 saturated carbocycles. The Kier molecular flexibility index (Phi) is 2.99. The molecule has 0 aliphatic carbocycles. The highest BCUT2D eigenvalue weighted by atomic mass is 32.1. The maximum Gasteiger partial charge on any atom is 0.230 e. The largest absolute Gasteiger partial charge is 0.324 e. The first-order chi connectivity index (χ1) is 8.83. The van der Waals surface area contributed by atoms with Gasteiger partial charge < -0.3 is 5.32 Å². The summed E-state index contributed by atoms with van der Waals surface area (Å²) >= 11 is 2.62. The van der Waals surface area contributed by atoms with Crippen molar-refractivity contribution in [2.45, 2.75) is 6.42 Å². The second-order valence-electron chi connectivity index (χ2n) is 3.64. The zero-order valence-corrected chi connectivity index (χ0v) is 10.8. The number of carbonyl (C=O) groups is 1. The summed E-state index contributed by atoms with van der Waals surface area (Å²) in [4.78, 5) is 15.9. The number of nitrogens with one attached hydrogen (secondary N) is 1. The maximum atomic E-state index is 11.9. The van der Waals surface area contributed by atoms with Crippen LogP contribution in [0.4, 0.5) is 5.69 Å². The fraction of sp³-hybridized carbons (Fsp3) is 0.0909. The number of carbonyl (C=O) groups excluding carboxylic acids is 1. The molecule has 0 fully saturated rings. The molecule has 2 aromatic heterocycles. The summed E-state index contributed by atoms with van der Waals surface area (Å²) in [5, 5.41) is 4.70. The lowest BCUT2D eigenvalue weighted by Crippen LogP contribution is -2.14. The molecule has 1 amide bonds. The van der Waals surface area contributed by atoms with Gasteiger partial charge in [0.05, 0.1) is 35.0 Å². The number of amides is 1. The molecular formula is C11H8N4OS2. The fourth-order valence-corrected chi connectivity index (χ4v) is 2.70. The molecule has 1 N–H and O–H groups in total. The molecule has 0 atom stereocenters. The van der Waals surface area contributed by atoms with Gasteiger partial charge in [-0.1, -0.05) is 6.07 Å². The molecule has 0 bridgehead atoms. The van der Waals surface area contributed by atoms with E-state index in [0.29, 0.717) is 5.69 Å². The van der Waals surface area contributed by atoms with Crippen molar-refractivity contribution in [2.24, 2.45) is 0 Å². The second kappa shape index (κ2) is 4.79. The van der Waals surface area contributed by atoms with E-state index in [-0.39, 0.29) is 12.3 Å². The minimum atomic E-state index is -0.0959. The Labute approximate surface area is 111 Å². The van der Waals surface area contributed by atoms with Crippen molar-refractivity contribution >= 4 is 45.7 Å². The van der Waals surface area contributed by atoms with Gasteiger partial charge >= 0.3 is 0 Å². The number of fused-ring (bicyclic) bond motifs is 1. The quantitative estimate of drug-likeness (QED) is 0.797. The molecule has 7 heteroatoms. The zero-order valence-electron chi connectivity index (χ0n) is 9.16. The molecule has 0 spiro atoms. The first-order valence-corrected chi connectivity index (χ1v) is 6.88. The Balaban J connectivity index is 1.80. The van der Waals surface area contributed by atoms with E-state index in [1.807, 2.05) is 23.6 Å². The van der Waals surface area contributed by atoms with Crippen LogP contribution in [0.2, 0.25) is 0 Å². The Hall–Kier alpha value is -1.86. The average Bonchev–Trinajstić information content (AvgIpc) is 2.99. The van der Waals surface area contributed by atoms with Gasteiger partial charge in [-0.3, -0.25) is 4.79 Å². The van der Waals surface area contributed by atoms with Crippen molar-refractivity contribution in [1.29, 1.82) is 0 Å². The topological polar surface area (TPSA) is 67.8 Å². The first-order valence-electron chi connectivity index (χ1n) is 5.21. The van der Waals surface area contributed by atoms with Crippen LogP contribution in [-0.4, -0.2) is 19.6 Å². The molecule has 0 unspecified atom stereocenters. The molecule has 3 rings (SSSR count). The van der Waals surface area contributed by atoms with E-state index in [4.69, 9.17) is 0 Å². The normalized spacial score (nSPS) is 10.7. The molecule has 1 aromatic carbocycles. The lowest BCUT2D eigenvalue weighted by molar-refractivity contribution is -0.115. The van der Waals surface area contributed by atoms with Crippen molar-refractivity contribution < 1.29 is 4.79 Å². The summed E-state index contributed by atoms with van der Waals surface area (Å²) < 4.78 is 8.30. The van der Waals surface area contributed by atoms with Gasteiger partial charge in [0, 0.05) is 5.38 Å². The standard InChI is InChI=1S/C11H8N4OS2/c16-10(4-7-5-17-6-12-7)13-8-2-1-3-9-11(8)15-18-14-9/h1-3,5-6H,4H2,(H,13,16). The predicted octanol–water partition coefficient (Wildman–Crippen LogP) is 2.33. The number of hydrogen-bond acceptors (Lipinski definition) is 6. The third kappa shape index (κ3) is 2.22. The van der Waals surface area contributed by atoms with Gasteiger partial charge in [-0.2, -0.15) is 8.75 Å². The molecule has 90 valence electrons. The van der Waals surface area contributed by atoms with Crippen molar-refractivity contribution in [3.8, 4) is 0 Å². The molecule has 18 heavy (non-hydrogen) atoms. The fourth-order valence-electron chi connectivity index (χ4n) is 1.59. The van der Waals surface area contributed by atoms with Gasteiger partial charge in [0.25, 0.3) is 0 Å². The van der Waals surface area contributed by atoms with Crippen molar-refractivity contribution in [3.63, 3.8) is 0 Å². The Morgan fingerprint density at radius 1 is 1.33 bits per heavy atom. The lowest BCUT2D eigenvalue weighted by Gasteiger charge is -2.03. The molecule has 2 heterocycles. The van der Waals surface area contributed by atoms with Crippen LogP contribution in [0.3, 0.4) is 0 Å². The Morgan fingerprint density at radius 3 is 3.11 bits per heavy atom. The Bertz CT molecular complexity index is 677. The maximum absolute atomic E-state index is 11.9.